The predicted octanol–water partition coefficient (Wildman–Crippen LogP) is 4.92. The molecular formula is C20H19ClN8O2. The van der Waals surface area contributed by atoms with Crippen molar-refractivity contribution < 1.29 is 10.2 Å². The average molecular weight is 439 g/mol. The van der Waals surface area contributed by atoms with Crippen LogP contribution < -0.4 is 11.5 Å². The van der Waals surface area contributed by atoms with Gasteiger partial charge in [-0.25, -0.2) is 0 Å². The van der Waals surface area contributed by atoms with E-state index in [2.05, 4.69) is 20.5 Å². The summed E-state index contributed by atoms with van der Waals surface area (Å²) in [6.07, 6.45) is 0. The molecule has 31 heavy (non-hydrogen) atoms. The van der Waals surface area contributed by atoms with Gasteiger partial charge in [-0.15, -0.1) is 22.6 Å². The topological polar surface area (TPSA) is 190 Å². The molecule has 10 nitrogen and oxygen atoms in total. The first-order valence-electron chi connectivity index (χ1n) is 8.62. The monoisotopic (exact) mass is 438 g/mol. The van der Waals surface area contributed by atoms with E-state index in [4.69, 9.17) is 22.3 Å². The molecule has 0 aromatic heterocycles. The van der Waals surface area contributed by atoms with E-state index in [-0.39, 0.29) is 47.0 Å². The van der Waals surface area contributed by atoms with Gasteiger partial charge in [0.15, 0.2) is 0 Å². The smallest absolute Gasteiger partial charge is 0.146 e. The SMILES string of the molecule is Cl.N=C(N)c1ccc(N=Nc2cc(N=Nc3ccc(C(=N)N)cc3)c(O)cc2O)cc1. The maximum atomic E-state index is 10.0. The van der Waals surface area contributed by atoms with Crippen LogP contribution >= 0.6 is 12.4 Å². The summed E-state index contributed by atoms with van der Waals surface area (Å²) in [5.41, 5.74) is 13.1. The van der Waals surface area contributed by atoms with E-state index in [1.165, 1.54) is 6.07 Å². The quantitative estimate of drug-likeness (QED) is 0.181. The molecule has 0 heterocycles. The van der Waals surface area contributed by atoms with Crippen molar-refractivity contribution >= 4 is 46.8 Å². The molecule has 3 rings (SSSR count). The van der Waals surface area contributed by atoms with Gasteiger partial charge < -0.3 is 21.7 Å². The lowest BCUT2D eigenvalue weighted by Gasteiger charge is -2.03. The highest BCUT2D eigenvalue weighted by molar-refractivity contribution is 5.95. The minimum Gasteiger partial charge on any atom is -0.505 e. The molecule has 0 radical (unpaired) electrons. The number of rotatable bonds is 6. The predicted molar refractivity (Wildman–Crippen MR) is 120 cm³/mol. The molecule has 0 spiro atoms. The minimum absolute atomic E-state index is 0. The summed E-state index contributed by atoms with van der Waals surface area (Å²) in [7, 11) is 0. The van der Waals surface area contributed by atoms with Gasteiger partial charge >= 0.3 is 0 Å². The Morgan fingerprint density at radius 2 is 0.968 bits per heavy atom. The zero-order valence-corrected chi connectivity index (χ0v) is 16.8. The fourth-order valence-corrected chi connectivity index (χ4v) is 2.35. The number of azo groups is 2. The van der Waals surface area contributed by atoms with Crippen molar-refractivity contribution in [3.63, 3.8) is 0 Å². The van der Waals surface area contributed by atoms with Gasteiger partial charge in [0, 0.05) is 23.3 Å². The molecule has 0 unspecified atom stereocenters. The van der Waals surface area contributed by atoms with Crippen molar-refractivity contribution in [2.45, 2.75) is 0 Å². The first kappa shape index (κ1) is 23.0. The Hall–Kier alpha value is -4.31. The average Bonchev–Trinajstić information content (AvgIpc) is 2.73. The summed E-state index contributed by atoms with van der Waals surface area (Å²) in [5, 5.41) is 50.8. The van der Waals surface area contributed by atoms with Gasteiger partial charge in [0.05, 0.1) is 11.4 Å². The van der Waals surface area contributed by atoms with Crippen LogP contribution in [0.3, 0.4) is 0 Å². The molecule has 0 atom stereocenters. The van der Waals surface area contributed by atoms with Gasteiger partial charge in [0.2, 0.25) is 0 Å². The Bertz CT molecular complexity index is 1070. The molecule has 3 aromatic rings. The number of benzene rings is 3. The fraction of sp³-hybridized carbons (Fsp3) is 0. The second kappa shape index (κ2) is 9.94. The highest BCUT2D eigenvalue weighted by atomic mass is 35.5. The Morgan fingerprint density at radius 3 is 1.29 bits per heavy atom. The van der Waals surface area contributed by atoms with Crippen LogP contribution in [0.25, 0.3) is 0 Å². The Morgan fingerprint density at radius 1 is 0.613 bits per heavy atom. The van der Waals surface area contributed by atoms with E-state index in [1.807, 2.05) is 0 Å². The minimum atomic E-state index is -0.277. The molecule has 11 heteroatoms. The zero-order chi connectivity index (χ0) is 21.7. The molecule has 0 saturated carbocycles. The number of aromatic hydroxyl groups is 2. The Balaban J connectivity index is 0.00000341. The second-order valence-electron chi connectivity index (χ2n) is 6.15. The molecule has 0 fully saturated rings. The summed E-state index contributed by atoms with van der Waals surface area (Å²) < 4.78 is 0. The van der Waals surface area contributed by atoms with Gasteiger partial charge in [0.1, 0.15) is 34.5 Å². The highest BCUT2D eigenvalue weighted by Gasteiger charge is 2.09. The molecule has 8 N–H and O–H groups in total. The number of phenolic OH excluding ortho intramolecular Hbond substituents is 2. The number of hydrogen-bond acceptors (Lipinski definition) is 8. The molecule has 0 aliphatic heterocycles. The lowest BCUT2D eigenvalue weighted by molar-refractivity contribution is 0.452. The van der Waals surface area contributed by atoms with Crippen LogP contribution in [0.15, 0.2) is 81.1 Å². The summed E-state index contributed by atoms with van der Waals surface area (Å²) in [5.74, 6) is -0.663. The third kappa shape index (κ3) is 5.84. The lowest BCUT2D eigenvalue weighted by Crippen LogP contribution is -2.10. The molecule has 3 aromatic carbocycles. The number of halogens is 1. The van der Waals surface area contributed by atoms with Crippen LogP contribution in [0.5, 0.6) is 11.5 Å². The normalized spacial score (nSPS) is 10.8. The Kier molecular flexibility index (Phi) is 7.37. The summed E-state index contributed by atoms with van der Waals surface area (Å²) >= 11 is 0. The first-order chi connectivity index (χ1) is 14.3. The van der Waals surface area contributed by atoms with E-state index in [0.717, 1.165) is 6.07 Å². The molecule has 0 aliphatic carbocycles. The lowest BCUT2D eigenvalue weighted by atomic mass is 10.2. The van der Waals surface area contributed by atoms with Crippen LogP contribution in [-0.4, -0.2) is 21.9 Å². The third-order valence-corrected chi connectivity index (χ3v) is 3.97. The maximum Gasteiger partial charge on any atom is 0.146 e. The molecule has 158 valence electrons. The molecule has 0 amide bonds. The molecule has 0 aliphatic rings. The van der Waals surface area contributed by atoms with E-state index in [1.54, 1.807) is 48.5 Å². The third-order valence-electron chi connectivity index (χ3n) is 3.97. The van der Waals surface area contributed by atoms with Crippen LogP contribution in [0.2, 0.25) is 0 Å². The van der Waals surface area contributed by atoms with Crippen LogP contribution in [0.4, 0.5) is 22.7 Å². The van der Waals surface area contributed by atoms with Crippen molar-refractivity contribution in [3.8, 4) is 11.5 Å². The van der Waals surface area contributed by atoms with Gasteiger partial charge in [-0.1, -0.05) is 0 Å². The van der Waals surface area contributed by atoms with E-state index in [0.29, 0.717) is 22.5 Å². The van der Waals surface area contributed by atoms with Gasteiger partial charge in [-0.05, 0) is 48.5 Å². The second-order valence-corrected chi connectivity index (χ2v) is 6.15. The number of nitrogens with two attached hydrogens (primary N) is 2. The number of nitrogen functional groups attached to an aromatic ring is 2. The number of hydrogen-bond donors (Lipinski definition) is 6. The van der Waals surface area contributed by atoms with E-state index in [9.17, 15) is 10.2 Å². The van der Waals surface area contributed by atoms with Crippen LogP contribution in [0, 0.1) is 10.8 Å². The van der Waals surface area contributed by atoms with Crippen molar-refractivity contribution in [2.75, 3.05) is 0 Å². The molecule has 0 saturated heterocycles. The van der Waals surface area contributed by atoms with Crippen molar-refractivity contribution in [1.82, 2.24) is 0 Å². The number of amidine groups is 2. The van der Waals surface area contributed by atoms with Crippen molar-refractivity contribution in [3.05, 3.63) is 71.8 Å². The highest BCUT2D eigenvalue weighted by Crippen LogP contribution is 2.39. The van der Waals surface area contributed by atoms with Crippen LogP contribution in [0.1, 0.15) is 11.1 Å². The number of nitrogens with one attached hydrogen (secondary N) is 2. The summed E-state index contributed by atoms with van der Waals surface area (Å²) in [6.45, 7) is 0. The van der Waals surface area contributed by atoms with Gasteiger partial charge in [-0.2, -0.15) is 10.2 Å². The maximum absolute atomic E-state index is 10.0. The molecular weight excluding hydrogens is 420 g/mol. The van der Waals surface area contributed by atoms with Crippen molar-refractivity contribution in [1.29, 1.82) is 10.8 Å². The Labute approximate surface area is 183 Å². The van der Waals surface area contributed by atoms with Gasteiger partial charge in [0.25, 0.3) is 0 Å². The van der Waals surface area contributed by atoms with Crippen molar-refractivity contribution in [2.24, 2.45) is 31.9 Å². The fourth-order valence-electron chi connectivity index (χ4n) is 2.35. The van der Waals surface area contributed by atoms with E-state index >= 15 is 0 Å². The zero-order valence-electron chi connectivity index (χ0n) is 16.0. The number of nitrogens with zero attached hydrogens (tertiary/aromatic N) is 4. The van der Waals surface area contributed by atoms with E-state index < -0.39 is 0 Å². The molecule has 0 bridgehead atoms. The summed E-state index contributed by atoms with van der Waals surface area (Å²) in [4.78, 5) is 0. The first-order valence-corrected chi connectivity index (χ1v) is 8.62. The summed E-state index contributed by atoms with van der Waals surface area (Å²) in [6, 6.07) is 15.5. The van der Waals surface area contributed by atoms with Gasteiger partial charge in [-0.3, -0.25) is 10.8 Å². The number of phenols is 2. The standard InChI is InChI=1S/C20H18N8O2.ClH/c21-19(22)11-1-5-13(6-2-11)25-27-15-9-16(18(30)10-17(15)29)28-26-14-7-3-12(4-8-14)20(23)24;/h1-10,29-30H,(H3,21,22)(H3,23,24);1H. The largest absolute Gasteiger partial charge is 0.505 e. The van der Waals surface area contributed by atoms with Crippen LogP contribution in [-0.2, 0) is 0 Å².